The van der Waals surface area contributed by atoms with Gasteiger partial charge in [-0.3, -0.25) is 15.0 Å². The van der Waals surface area contributed by atoms with E-state index in [0.717, 1.165) is 29.8 Å². The molecule has 0 aliphatic carbocycles. The van der Waals surface area contributed by atoms with E-state index >= 15 is 0 Å². The van der Waals surface area contributed by atoms with Crippen molar-refractivity contribution in [1.29, 1.82) is 0 Å². The molecule has 2 unspecified atom stereocenters. The van der Waals surface area contributed by atoms with Crippen molar-refractivity contribution in [2.75, 3.05) is 13.6 Å². The number of nitro benzene ring substituents is 1. The Labute approximate surface area is 134 Å². The zero-order valence-corrected chi connectivity index (χ0v) is 13.4. The van der Waals surface area contributed by atoms with E-state index in [4.69, 9.17) is 10.3 Å². The minimum absolute atomic E-state index is 0.0939. The lowest BCUT2D eigenvalue weighted by molar-refractivity contribution is -0.385. The number of nitrogens with zero attached hydrogens (tertiary/aromatic N) is 3. The van der Waals surface area contributed by atoms with E-state index in [-0.39, 0.29) is 22.7 Å². The molecule has 0 bridgehead atoms. The first-order valence-corrected chi connectivity index (χ1v) is 7.57. The summed E-state index contributed by atoms with van der Waals surface area (Å²) in [6, 6.07) is 5.07. The zero-order chi connectivity index (χ0) is 16.7. The molecule has 2 aromatic rings. The second-order valence-electron chi connectivity index (χ2n) is 6.11. The van der Waals surface area contributed by atoms with Crippen molar-refractivity contribution in [1.82, 2.24) is 10.1 Å². The average molecular weight is 316 g/mol. The van der Waals surface area contributed by atoms with Crippen LogP contribution in [-0.2, 0) is 0 Å². The van der Waals surface area contributed by atoms with Gasteiger partial charge in [0.05, 0.1) is 16.7 Å². The highest BCUT2D eigenvalue weighted by Crippen LogP contribution is 2.38. The second-order valence-corrected chi connectivity index (χ2v) is 6.11. The topological polar surface area (TPSA) is 98.4 Å². The third-order valence-corrected chi connectivity index (χ3v) is 4.56. The lowest BCUT2D eigenvalue weighted by Crippen LogP contribution is -2.30. The van der Waals surface area contributed by atoms with Gasteiger partial charge in [0, 0.05) is 29.8 Å². The highest BCUT2D eigenvalue weighted by atomic mass is 16.6. The fourth-order valence-corrected chi connectivity index (χ4v) is 3.45. The number of benzene rings is 1. The SMILES string of the molecule is Cc1noc(C)c1-c1ccc(C2C(N)CCN2C)c([N+](=O)[O-])c1. The van der Waals surface area contributed by atoms with Gasteiger partial charge in [0.2, 0.25) is 0 Å². The number of nitrogens with two attached hydrogens (primary N) is 1. The molecular formula is C16H20N4O3. The summed E-state index contributed by atoms with van der Waals surface area (Å²) in [7, 11) is 1.95. The van der Waals surface area contributed by atoms with Gasteiger partial charge in [-0.1, -0.05) is 11.2 Å². The monoisotopic (exact) mass is 316 g/mol. The third kappa shape index (κ3) is 2.62. The minimum Gasteiger partial charge on any atom is -0.361 e. The molecule has 0 spiro atoms. The summed E-state index contributed by atoms with van der Waals surface area (Å²) in [5, 5.41) is 15.5. The summed E-state index contributed by atoms with van der Waals surface area (Å²) in [6.45, 7) is 4.47. The van der Waals surface area contributed by atoms with E-state index in [0.29, 0.717) is 11.3 Å². The number of hydrogen-bond donors (Lipinski definition) is 1. The second kappa shape index (κ2) is 5.75. The fraction of sp³-hybridized carbons (Fsp3) is 0.438. The highest BCUT2D eigenvalue weighted by molar-refractivity contribution is 5.71. The summed E-state index contributed by atoms with van der Waals surface area (Å²) >= 11 is 0. The quantitative estimate of drug-likeness (QED) is 0.690. The Morgan fingerprint density at radius 3 is 2.70 bits per heavy atom. The summed E-state index contributed by atoms with van der Waals surface area (Å²) in [4.78, 5) is 13.3. The summed E-state index contributed by atoms with van der Waals surface area (Å²) < 4.78 is 5.17. The van der Waals surface area contributed by atoms with Gasteiger partial charge in [0.25, 0.3) is 5.69 Å². The maximum atomic E-state index is 11.6. The van der Waals surface area contributed by atoms with Gasteiger partial charge < -0.3 is 10.3 Å². The molecular weight excluding hydrogens is 296 g/mol. The van der Waals surface area contributed by atoms with Crippen LogP contribution >= 0.6 is 0 Å². The van der Waals surface area contributed by atoms with E-state index in [2.05, 4.69) is 10.1 Å². The molecule has 1 aromatic carbocycles. The van der Waals surface area contributed by atoms with E-state index in [9.17, 15) is 10.1 Å². The average Bonchev–Trinajstić information content (AvgIpc) is 3.01. The molecule has 2 heterocycles. The molecule has 0 saturated carbocycles. The molecule has 0 radical (unpaired) electrons. The molecule has 23 heavy (non-hydrogen) atoms. The van der Waals surface area contributed by atoms with E-state index in [1.165, 1.54) is 0 Å². The van der Waals surface area contributed by atoms with Gasteiger partial charge in [-0.15, -0.1) is 0 Å². The molecule has 1 saturated heterocycles. The van der Waals surface area contributed by atoms with Crippen LogP contribution in [0.1, 0.15) is 29.5 Å². The van der Waals surface area contributed by atoms with Gasteiger partial charge in [-0.2, -0.15) is 0 Å². The first kappa shape index (κ1) is 15.6. The van der Waals surface area contributed by atoms with Crippen LogP contribution in [0.15, 0.2) is 22.7 Å². The van der Waals surface area contributed by atoms with Crippen molar-refractivity contribution in [3.05, 3.63) is 45.3 Å². The maximum absolute atomic E-state index is 11.6. The highest BCUT2D eigenvalue weighted by Gasteiger charge is 2.35. The molecule has 3 rings (SSSR count). The molecule has 1 fully saturated rings. The molecule has 2 N–H and O–H groups in total. The Morgan fingerprint density at radius 1 is 1.43 bits per heavy atom. The number of aryl methyl sites for hydroxylation is 2. The molecule has 1 aliphatic rings. The fourth-order valence-electron chi connectivity index (χ4n) is 3.45. The standard InChI is InChI=1S/C16H20N4O3/c1-9-15(10(2)23-18-9)11-4-5-12(14(8-11)20(21)22)16-13(17)6-7-19(16)3/h4-5,8,13,16H,6-7,17H2,1-3H3. The van der Waals surface area contributed by atoms with Gasteiger partial charge in [0.1, 0.15) is 5.76 Å². The minimum atomic E-state index is -0.337. The van der Waals surface area contributed by atoms with Gasteiger partial charge >= 0.3 is 0 Å². The summed E-state index contributed by atoms with van der Waals surface area (Å²) in [6.07, 6.45) is 0.837. The normalized spacial score (nSPS) is 21.7. The smallest absolute Gasteiger partial charge is 0.274 e. The van der Waals surface area contributed by atoms with Crippen LogP contribution in [0, 0.1) is 24.0 Å². The number of nitro groups is 1. The Morgan fingerprint density at radius 2 is 2.17 bits per heavy atom. The van der Waals surface area contributed by atoms with E-state index in [1.54, 1.807) is 13.0 Å². The number of hydrogen-bond acceptors (Lipinski definition) is 6. The Balaban J connectivity index is 2.12. The van der Waals surface area contributed by atoms with Crippen molar-refractivity contribution in [3.8, 4) is 11.1 Å². The van der Waals surface area contributed by atoms with Crippen LogP contribution in [0.4, 0.5) is 5.69 Å². The molecule has 1 aromatic heterocycles. The largest absolute Gasteiger partial charge is 0.361 e. The van der Waals surface area contributed by atoms with Crippen LogP contribution in [-0.4, -0.2) is 34.6 Å². The van der Waals surface area contributed by atoms with Gasteiger partial charge in [-0.25, -0.2) is 0 Å². The van der Waals surface area contributed by atoms with Crippen molar-refractivity contribution in [2.24, 2.45) is 5.73 Å². The maximum Gasteiger partial charge on any atom is 0.274 e. The lowest BCUT2D eigenvalue weighted by Gasteiger charge is -2.23. The summed E-state index contributed by atoms with van der Waals surface area (Å²) in [5.41, 5.74) is 9.19. The van der Waals surface area contributed by atoms with Crippen LogP contribution in [0.2, 0.25) is 0 Å². The predicted octanol–water partition coefficient (Wildman–Crippen LogP) is 2.57. The molecule has 1 aliphatic heterocycles. The van der Waals surface area contributed by atoms with E-state index < -0.39 is 0 Å². The molecule has 7 nitrogen and oxygen atoms in total. The predicted molar refractivity (Wildman–Crippen MR) is 86.0 cm³/mol. The summed E-state index contributed by atoms with van der Waals surface area (Å²) in [5.74, 6) is 0.652. The molecule has 122 valence electrons. The Bertz CT molecular complexity index is 726. The third-order valence-electron chi connectivity index (χ3n) is 4.56. The molecule has 0 amide bonds. The number of likely N-dealkylation sites (N-methyl/N-ethyl adjacent to an activating group) is 1. The van der Waals surface area contributed by atoms with Crippen LogP contribution in [0.25, 0.3) is 11.1 Å². The molecule has 7 heteroatoms. The molecule has 2 atom stereocenters. The Hall–Kier alpha value is -2.25. The number of likely N-dealkylation sites (tertiary alicyclic amines) is 1. The van der Waals surface area contributed by atoms with Gasteiger partial charge in [-0.05, 0) is 38.9 Å². The number of rotatable bonds is 3. The van der Waals surface area contributed by atoms with Crippen molar-refractivity contribution >= 4 is 5.69 Å². The van der Waals surface area contributed by atoms with Crippen molar-refractivity contribution in [2.45, 2.75) is 32.4 Å². The van der Waals surface area contributed by atoms with Crippen LogP contribution in [0.3, 0.4) is 0 Å². The Kier molecular flexibility index (Phi) is 3.91. The zero-order valence-electron chi connectivity index (χ0n) is 13.4. The first-order valence-electron chi connectivity index (χ1n) is 7.57. The van der Waals surface area contributed by atoms with Crippen LogP contribution < -0.4 is 5.73 Å². The number of aromatic nitrogens is 1. The lowest BCUT2D eigenvalue weighted by atomic mass is 9.95. The van der Waals surface area contributed by atoms with Crippen molar-refractivity contribution < 1.29 is 9.45 Å². The van der Waals surface area contributed by atoms with E-state index in [1.807, 2.05) is 26.1 Å². The first-order chi connectivity index (χ1) is 10.9. The van der Waals surface area contributed by atoms with Crippen LogP contribution in [0.5, 0.6) is 0 Å². The van der Waals surface area contributed by atoms with Crippen molar-refractivity contribution in [3.63, 3.8) is 0 Å². The van der Waals surface area contributed by atoms with Gasteiger partial charge in [0.15, 0.2) is 0 Å².